The van der Waals surface area contributed by atoms with E-state index in [0.717, 1.165) is 38.8 Å². The molecule has 2 heterocycles. The molecular formula is C18H32N2O2. The summed E-state index contributed by atoms with van der Waals surface area (Å²) < 4.78 is 0. The van der Waals surface area contributed by atoms with Crippen LogP contribution in [0.4, 0.5) is 0 Å². The first kappa shape index (κ1) is 16.3. The zero-order valence-corrected chi connectivity index (χ0v) is 13.9. The SMILES string of the molecule is O=C(C1CCC(O)CC1)N1CCCC1CN1CCCCCC1. The molecule has 0 spiro atoms. The molecule has 1 N–H and O–H groups in total. The molecule has 1 atom stereocenters. The van der Waals surface area contributed by atoms with Crippen molar-refractivity contribution in [1.82, 2.24) is 9.80 Å². The highest BCUT2D eigenvalue weighted by Gasteiger charge is 2.35. The predicted molar refractivity (Wildman–Crippen MR) is 87.6 cm³/mol. The second kappa shape index (κ2) is 7.78. The molecule has 1 saturated carbocycles. The molecule has 4 heteroatoms. The van der Waals surface area contributed by atoms with Crippen LogP contribution in [0.15, 0.2) is 0 Å². The van der Waals surface area contributed by atoms with E-state index in [2.05, 4.69) is 9.80 Å². The van der Waals surface area contributed by atoms with Crippen LogP contribution in [0.5, 0.6) is 0 Å². The lowest BCUT2D eigenvalue weighted by molar-refractivity contribution is -0.138. The highest BCUT2D eigenvalue weighted by Crippen LogP contribution is 2.29. The van der Waals surface area contributed by atoms with Gasteiger partial charge in [-0.05, 0) is 64.5 Å². The zero-order valence-electron chi connectivity index (χ0n) is 13.9. The van der Waals surface area contributed by atoms with Crippen molar-refractivity contribution in [3.63, 3.8) is 0 Å². The maximum atomic E-state index is 12.9. The van der Waals surface area contributed by atoms with E-state index in [9.17, 15) is 9.90 Å². The second-order valence-corrected chi connectivity index (χ2v) is 7.55. The van der Waals surface area contributed by atoms with Gasteiger partial charge in [0, 0.05) is 25.0 Å². The van der Waals surface area contributed by atoms with Gasteiger partial charge in [-0.2, -0.15) is 0 Å². The van der Waals surface area contributed by atoms with Crippen LogP contribution >= 0.6 is 0 Å². The standard InChI is InChI=1S/C18H32N2O2/c21-17-9-7-15(8-10-17)18(22)20-13-5-6-16(20)14-19-11-3-1-2-4-12-19/h15-17,21H,1-14H2. The third-order valence-electron chi connectivity index (χ3n) is 5.87. The number of aliphatic hydroxyl groups excluding tert-OH is 1. The van der Waals surface area contributed by atoms with Gasteiger partial charge in [-0.3, -0.25) is 4.79 Å². The van der Waals surface area contributed by atoms with Gasteiger partial charge in [0.05, 0.1) is 6.10 Å². The van der Waals surface area contributed by atoms with Crippen molar-refractivity contribution in [1.29, 1.82) is 0 Å². The topological polar surface area (TPSA) is 43.8 Å². The fourth-order valence-electron chi connectivity index (χ4n) is 4.49. The van der Waals surface area contributed by atoms with Gasteiger partial charge >= 0.3 is 0 Å². The third kappa shape index (κ3) is 4.02. The van der Waals surface area contributed by atoms with Gasteiger partial charge in [-0.25, -0.2) is 0 Å². The Morgan fingerprint density at radius 1 is 0.864 bits per heavy atom. The molecule has 0 radical (unpaired) electrons. The first-order valence-corrected chi connectivity index (χ1v) is 9.45. The van der Waals surface area contributed by atoms with Gasteiger partial charge in [-0.15, -0.1) is 0 Å². The fourth-order valence-corrected chi connectivity index (χ4v) is 4.49. The van der Waals surface area contributed by atoms with Crippen molar-refractivity contribution in [3.8, 4) is 0 Å². The molecule has 4 nitrogen and oxygen atoms in total. The van der Waals surface area contributed by atoms with Crippen LogP contribution < -0.4 is 0 Å². The molecule has 2 aliphatic heterocycles. The Labute approximate surface area is 134 Å². The molecule has 0 bridgehead atoms. The summed E-state index contributed by atoms with van der Waals surface area (Å²) in [5, 5.41) is 9.64. The summed E-state index contributed by atoms with van der Waals surface area (Å²) in [6.45, 7) is 4.47. The molecule has 1 unspecified atom stereocenters. The summed E-state index contributed by atoms with van der Waals surface area (Å²) in [7, 11) is 0. The lowest BCUT2D eigenvalue weighted by Gasteiger charge is -2.34. The summed E-state index contributed by atoms with van der Waals surface area (Å²) in [6.07, 6.45) is 10.9. The molecule has 126 valence electrons. The molecular weight excluding hydrogens is 276 g/mol. The quantitative estimate of drug-likeness (QED) is 0.871. The van der Waals surface area contributed by atoms with E-state index in [1.165, 1.54) is 51.6 Å². The van der Waals surface area contributed by atoms with Gasteiger partial charge in [0.2, 0.25) is 5.91 Å². The maximum absolute atomic E-state index is 12.9. The number of carbonyl (C=O) groups excluding carboxylic acids is 1. The zero-order chi connectivity index (χ0) is 15.4. The van der Waals surface area contributed by atoms with Crippen LogP contribution in [-0.4, -0.2) is 59.1 Å². The summed E-state index contributed by atoms with van der Waals surface area (Å²) >= 11 is 0. The van der Waals surface area contributed by atoms with Gasteiger partial charge in [0.25, 0.3) is 0 Å². The van der Waals surface area contributed by atoms with Crippen LogP contribution in [-0.2, 0) is 4.79 Å². The number of hydrogen-bond acceptors (Lipinski definition) is 3. The van der Waals surface area contributed by atoms with Crippen molar-refractivity contribution < 1.29 is 9.90 Å². The lowest BCUT2D eigenvalue weighted by Crippen LogP contribution is -2.46. The van der Waals surface area contributed by atoms with Crippen molar-refractivity contribution in [2.75, 3.05) is 26.2 Å². The van der Waals surface area contributed by atoms with E-state index in [0.29, 0.717) is 11.9 Å². The molecule has 3 fully saturated rings. The van der Waals surface area contributed by atoms with Crippen LogP contribution in [0, 0.1) is 5.92 Å². The molecule has 1 amide bonds. The van der Waals surface area contributed by atoms with E-state index in [1.54, 1.807) is 0 Å². The van der Waals surface area contributed by atoms with Gasteiger partial charge in [0.15, 0.2) is 0 Å². The summed E-state index contributed by atoms with van der Waals surface area (Å²) in [6, 6.07) is 0.442. The number of aliphatic hydroxyl groups is 1. The average molecular weight is 308 g/mol. The molecule has 1 aliphatic carbocycles. The summed E-state index contributed by atoms with van der Waals surface area (Å²) in [5.74, 6) is 0.553. The first-order valence-electron chi connectivity index (χ1n) is 9.45. The minimum Gasteiger partial charge on any atom is -0.393 e. The Kier molecular flexibility index (Phi) is 5.75. The van der Waals surface area contributed by atoms with E-state index in [1.807, 2.05) is 0 Å². The number of rotatable bonds is 3. The minimum atomic E-state index is -0.171. The van der Waals surface area contributed by atoms with Crippen LogP contribution in [0.3, 0.4) is 0 Å². The van der Waals surface area contributed by atoms with Crippen LogP contribution in [0.2, 0.25) is 0 Å². The highest BCUT2D eigenvalue weighted by atomic mass is 16.3. The maximum Gasteiger partial charge on any atom is 0.225 e. The van der Waals surface area contributed by atoms with Crippen molar-refractivity contribution in [2.24, 2.45) is 5.92 Å². The minimum absolute atomic E-state index is 0.171. The van der Waals surface area contributed by atoms with Gasteiger partial charge in [0.1, 0.15) is 0 Å². The molecule has 0 aromatic carbocycles. The second-order valence-electron chi connectivity index (χ2n) is 7.55. The molecule has 0 aromatic heterocycles. The number of likely N-dealkylation sites (tertiary alicyclic amines) is 2. The molecule has 3 rings (SSSR count). The number of hydrogen-bond donors (Lipinski definition) is 1. The largest absolute Gasteiger partial charge is 0.393 e. The molecule has 2 saturated heterocycles. The van der Waals surface area contributed by atoms with Crippen molar-refractivity contribution in [3.05, 3.63) is 0 Å². The van der Waals surface area contributed by atoms with Gasteiger partial charge < -0.3 is 14.9 Å². The monoisotopic (exact) mass is 308 g/mol. The first-order chi connectivity index (χ1) is 10.7. The van der Waals surface area contributed by atoms with E-state index >= 15 is 0 Å². The lowest BCUT2D eigenvalue weighted by atomic mass is 9.86. The number of nitrogens with zero attached hydrogens (tertiary/aromatic N) is 2. The molecule has 0 aromatic rings. The Morgan fingerprint density at radius 2 is 1.55 bits per heavy atom. The third-order valence-corrected chi connectivity index (χ3v) is 5.87. The Hall–Kier alpha value is -0.610. The van der Waals surface area contributed by atoms with Crippen LogP contribution in [0.1, 0.15) is 64.2 Å². The van der Waals surface area contributed by atoms with Gasteiger partial charge in [-0.1, -0.05) is 12.8 Å². The Balaban J connectivity index is 1.54. The normalized spacial score (nSPS) is 34.6. The summed E-state index contributed by atoms with van der Waals surface area (Å²) in [4.78, 5) is 17.6. The molecule has 3 aliphatic rings. The van der Waals surface area contributed by atoms with Crippen molar-refractivity contribution in [2.45, 2.75) is 76.4 Å². The fraction of sp³-hybridized carbons (Fsp3) is 0.944. The van der Waals surface area contributed by atoms with E-state index in [4.69, 9.17) is 0 Å². The summed E-state index contributed by atoms with van der Waals surface area (Å²) in [5.41, 5.74) is 0. The van der Waals surface area contributed by atoms with Crippen LogP contribution in [0.25, 0.3) is 0 Å². The predicted octanol–water partition coefficient (Wildman–Crippen LogP) is 2.40. The Morgan fingerprint density at radius 3 is 2.23 bits per heavy atom. The van der Waals surface area contributed by atoms with Crippen molar-refractivity contribution >= 4 is 5.91 Å². The number of amides is 1. The Bertz CT molecular complexity index is 358. The smallest absolute Gasteiger partial charge is 0.225 e. The number of carbonyl (C=O) groups is 1. The van der Waals surface area contributed by atoms with E-state index in [-0.39, 0.29) is 12.0 Å². The average Bonchev–Trinajstić information content (AvgIpc) is 2.82. The highest BCUT2D eigenvalue weighted by molar-refractivity contribution is 5.79. The molecule has 22 heavy (non-hydrogen) atoms. The van der Waals surface area contributed by atoms with E-state index < -0.39 is 0 Å².